The second-order valence-electron chi connectivity index (χ2n) is 4.80. The number of rotatable bonds is 3. The lowest BCUT2D eigenvalue weighted by molar-refractivity contribution is -0.121. The maximum Gasteiger partial charge on any atom is 0.247 e. The molecule has 108 valence electrons. The maximum absolute atomic E-state index is 12.5. The number of carbonyl (C=O) groups excluding carboxylic acids is 2. The Morgan fingerprint density at radius 3 is 2.76 bits per heavy atom. The van der Waals surface area contributed by atoms with Gasteiger partial charge in [-0.15, -0.1) is 10.2 Å². The number of imide groups is 1. The smallest absolute Gasteiger partial charge is 0.247 e. The van der Waals surface area contributed by atoms with Gasteiger partial charge in [0.25, 0.3) is 0 Å². The topological polar surface area (TPSA) is 63.2 Å². The van der Waals surface area contributed by atoms with Crippen LogP contribution in [-0.4, -0.2) is 27.3 Å². The van der Waals surface area contributed by atoms with Gasteiger partial charge >= 0.3 is 0 Å². The number of hydrogen-bond donors (Lipinski definition) is 0. The zero-order valence-corrected chi connectivity index (χ0v) is 13.2. The van der Waals surface area contributed by atoms with Gasteiger partial charge in [0.05, 0.1) is 5.69 Å². The fraction of sp³-hybridized carbons (Fsp3) is 0.286. The number of thioether (sulfide) groups is 1. The van der Waals surface area contributed by atoms with Crippen molar-refractivity contribution in [1.29, 1.82) is 0 Å². The average molecular weight is 319 g/mol. The van der Waals surface area contributed by atoms with Crippen LogP contribution in [0.3, 0.4) is 0 Å². The number of amides is 2. The fourth-order valence-corrected chi connectivity index (χ4v) is 4.26. The molecule has 1 aliphatic rings. The maximum atomic E-state index is 12.5. The lowest BCUT2D eigenvalue weighted by Gasteiger charge is -2.15. The van der Waals surface area contributed by atoms with Crippen molar-refractivity contribution in [2.75, 3.05) is 4.90 Å². The monoisotopic (exact) mass is 319 g/mol. The lowest BCUT2D eigenvalue weighted by Crippen LogP contribution is -2.31. The summed E-state index contributed by atoms with van der Waals surface area (Å²) in [4.78, 5) is 25.9. The molecule has 0 radical (unpaired) electrons. The molecule has 0 spiro atoms. The zero-order chi connectivity index (χ0) is 15.0. The molecule has 0 saturated carbocycles. The second-order valence-corrected chi connectivity index (χ2v) is 7.44. The van der Waals surface area contributed by atoms with Crippen LogP contribution in [0.15, 0.2) is 28.6 Å². The summed E-state index contributed by atoms with van der Waals surface area (Å²) < 4.78 is 0.727. The van der Waals surface area contributed by atoms with Crippen molar-refractivity contribution >= 4 is 40.6 Å². The van der Waals surface area contributed by atoms with E-state index in [1.807, 2.05) is 32.0 Å². The molecule has 1 fully saturated rings. The molecular weight excluding hydrogens is 306 g/mol. The van der Waals surface area contributed by atoms with Crippen molar-refractivity contribution in [3.8, 4) is 0 Å². The van der Waals surface area contributed by atoms with Crippen LogP contribution in [0.1, 0.15) is 17.0 Å². The van der Waals surface area contributed by atoms with Crippen LogP contribution in [0.2, 0.25) is 0 Å². The molecular formula is C14H13N3O2S2. The Morgan fingerprint density at radius 1 is 1.29 bits per heavy atom. The number of hydrogen-bond acceptors (Lipinski definition) is 6. The zero-order valence-electron chi connectivity index (χ0n) is 11.6. The molecule has 2 aromatic rings. The summed E-state index contributed by atoms with van der Waals surface area (Å²) in [6.45, 7) is 3.80. The quantitative estimate of drug-likeness (QED) is 0.814. The van der Waals surface area contributed by atoms with Gasteiger partial charge in [-0.25, -0.2) is 4.90 Å². The first-order chi connectivity index (χ1) is 10.0. The van der Waals surface area contributed by atoms with E-state index in [4.69, 9.17) is 0 Å². The Hall–Kier alpha value is -1.73. The standard InChI is InChI=1S/C14H13N3O2S2/c1-8-4-3-5-10(6-8)17-12(18)7-11(13(17)19)21-14-16-15-9(2)20-14/h3-6,11H,7H2,1-2H3/t11-/m0/s1. The summed E-state index contributed by atoms with van der Waals surface area (Å²) in [5.41, 5.74) is 1.66. The van der Waals surface area contributed by atoms with Crippen LogP contribution < -0.4 is 4.90 Å². The van der Waals surface area contributed by atoms with Gasteiger partial charge in [-0.3, -0.25) is 9.59 Å². The third-order valence-corrected chi connectivity index (χ3v) is 5.22. The van der Waals surface area contributed by atoms with Crippen LogP contribution in [0.25, 0.3) is 0 Å². The predicted octanol–water partition coefficient (Wildman–Crippen LogP) is 2.58. The first-order valence-corrected chi connectivity index (χ1v) is 8.14. The van der Waals surface area contributed by atoms with Crippen molar-refractivity contribution in [3.05, 3.63) is 34.8 Å². The molecule has 1 aliphatic heterocycles. The minimum Gasteiger partial charge on any atom is -0.274 e. The SMILES string of the molecule is Cc1cccc(N2C(=O)C[C@H](Sc3nnc(C)s3)C2=O)c1. The summed E-state index contributed by atoms with van der Waals surface area (Å²) in [7, 11) is 0. The molecule has 0 N–H and O–H groups in total. The van der Waals surface area contributed by atoms with E-state index in [1.54, 1.807) is 6.07 Å². The number of anilines is 1. The van der Waals surface area contributed by atoms with Gasteiger partial charge in [0.1, 0.15) is 10.3 Å². The van der Waals surface area contributed by atoms with Crippen LogP contribution in [0.4, 0.5) is 5.69 Å². The molecule has 0 bridgehead atoms. The Kier molecular flexibility index (Phi) is 3.77. The Bertz CT molecular complexity index is 714. The molecule has 1 aromatic carbocycles. The van der Waals surface area contributed by atoms with Crippen molar-refractivity contribution in [2.24, 2.45) is 0 Å². The molecule has 0 unspecified atom stereocenters. The first kappa shape index (κ1) is 14.2. The first-order valence-electron chi connectivity index (χ1n) is 6.45. The van der Waals surface area contributed by atoms with Gasteiger partial charge in [0.2, 0.25) is 11.8 Å². The third-order valence-electron chi connectivity index (χ3n) is 3.12. The van der Waals surface area contributed by atoms with Crippen LogP contribution in [-0.2, 0) is 9.59 Å². The fourth-order valence-electron chi connectivity index (χ4n) is 2.18. The van der Waals surface area contributed by atoms with E-state index in [-0.39, 0.29) is 18.2 Å². The van der Waals surface area contributed by atoms with E-state index in [9.17, 15) is 9.59 Å². The molecule has 7 heteroatoms. The molecule has 2 amide bonds. The molecule has 1 aromatic heterocycles. The van der Waals surface area contributed by atoms with Crippen LogP contribution in [0, 0.1) is 13.8 Å². The summed E-state index contributed by atoms with van der Waals surface area (Å²) in [5, 5.41) is 8.37. The molecule has 1 saturated heterocycles. The highest BCUT2D eigenvalue weighted by Gasteiger charge is 2.40. The highest BCUT2D eigenvalue weighted by molar-refractivity contribution is 8.02. The van der Waals surface area contributed by atoms with Crippen LogP contribution in [0.5, 0.6) is 0 Å². The summed E-state index contributed by atoms with van der Waals surface area (Å²) in [6.07, 6.45) is 0.204. The third kappa shape index (κ3) is 2.84. The summed E-state index contributed by atoms with van der Waals surface area (Å²) in [5.74, 6) is -0.340. The molecule has 3 rings (SSSR count). The highest BCUT2D eigenvalue weighted by atomic mass is 32.2. The van der Waals surface area contributed by atoms with E-state index >= 15 is 0 Å². The number of aryl methyl sites for hydroxylation is 2. The van der Waals surface area contributed by atoms with Crippen molar-refractivity contribution in [2.45, 2.75) is 29.9 Å². The summed E-state index contributed by atoms with van der Waals surface area (Å²) >= 11 is 2.76. The van der Waals surface area contributed by atoms with Gasteiger partial charge < -0.3 is 0 Å². The van der Waals surface area contributed by atoms with Gasteiger partial charge in [0, 0.05) is 6.42 Å². The van der Waals surface area contributed by atoms with E-state index < -0.39 is 5.25 Å². The molecule has 21 heavy (non-hydrogen) atoms. The Balaban J connectivity index is 1.82. The highest BCUT2D eigenvalue weighted by Crippen LogP contribution is 2.35. The van der Waals surface area contributed by atoms with Gasteiger partial charge in [-0.1, -0.05) is 35.2 Å². The number of nitrogens with zero attached hydrogens (tertiary/aromatic N) is 3. The number of carbonyl (C=O) groups is 2. The van der Waals surface area contributed by atoms with Crippen molar-refractivity contribution in [1.82, 2.24) is 10.2 Å². The predicted molar refractivity (Wildman–Crippen MR) is 82.6 cm³/mol. The Labute approximate surface area is 130 Å². The van der Waals surface area contributed by atoms with Crippen molar-refractivity contribution in [3.63, 3.8) is 0 Å². The Morgan fingerprint density at radius 2 is 2.10 bits per heavy atom. The van der Waals surface area contributed by atoms with Crippen molar-refractivity contribution < 1.29 is 9.59 Å². The van der Waals surface area contributed by atoms with E-state index in [1.165, 1.54) is 28.0 Å². The van der Waals surface area contributed by atoms with E-state index in [0.29, 0.717) is 5.69 Å². The molecule has 1 atom stereocenters. The van der Waals surface area contributed by atoms with Gasteiger partial charge in [-0.2, -0.15) is 0 Å². The lowest BCUT2D eigenvalue weighted by atomic mass is 10.2. The second kappa shape index (κ2) is 5.57. The van der Waals surface area contributed by atoms with E-state index in [2.05, 4.69) is 10.2 Å². The normalized spacial score (nSPS) is 18.6. The summed E-state index contributed by atoms with van der Waals surface area (Å²) in [6, 6.07) is 7.41. The van der Waals surface area contributed by atoms with Crippen LogP contribution >= 0.6 is 23.1 Å². The minimum atomic E-state index is -0.412. The van der Waals surface area contributed by atoms with E-state index in [0.717, 1.165) is 14.9 Å². The van der Waals surface area contributed by atoms with Gasteiger partial charge in [0.15, 0.2) is 4.34 Å². The van der Waals surface area contributed by atoms with Gasteiger partial charge in [-0.05, 0) is 31.5 Å². The number of aromatic nitrogens is 2. The minimum absolute atomic E-state index is 0.163. The largest absolute Gasteiger partial charge is 0.274 e. The molecule has 2 heterocycles. The molecule has 0 aliphatic carbocycles. The average Bonchev–Trinajstić information content (AvgIpc) is 2.94. The number of benzene rings is 1. The molecule has 5 nitrogen and oxygen atoms in total.